The molecule has 118 valence electrons. The molecule has 0 aromatic rings. The van der Waals surface area contributed by atoms with Gasteiger partial charge in [0.25, 0.3) is 0 Å². The van der Waals surface area contributed by atoms with Crippen LogP contribution in [-0.4, -0.2) is 11.2 Å². The van der Waals surface area contributed by atoms with E-state index >= 15 is 0 Å². The second kappa shape index (κ2) is 4.60. The number of rotatable bonds is 0. The Morgan fingerprint density at radius 2 is 1.76 bits per heavy atom. The molecule has 0 aromatic carbocycles. The van der Waals surface area contributed by atoms with Crippen LogP contribution in [0.1, 0.15) is 65.7 Å². The monoisotopic (exact) mass is 288 g/mol. The first-order chi connectivity index (χ1) is 9.97. The Labute approximate surface area is 130 Å². The van der Waals surface area contributed by atoms with Crippen molar-refractivity contribution in [2.75, 3.05) is 0 Å². The standard InChI is InChI=1S/C20H32O/c1-13-12-14-6-4-5-10-19(14,2)16-9-11-20(3)15(18(13)16)7-8-17(20)21/h4-5,13-18,21H,6-12H2,1-3H3/t13-,14-,15+,16+,17+,18+,19+,20+/m1/s1. The van der Waals surface area contributed by atoms with Crippen LogP contribution in [0.25, 0.3) is 0 Å². The van der Waals surface area contributed by atoms with Crippen LogP contribution in [0.3, 0.4) is 0 Å². The molecule has 0 heterocycles. The Hall–Kier alpha value is -0.300. The van der Waals surface area contributed by atoms with E-state index in [9.17, 15) is 5.11 Å². The average molecular weight is 288 g/mol. The lowest BCUT2D eigenvalue weighted by Crippen LogP contribution is -2.55. The largest absolute Gasteiger partial charge is 0.393 e. The molecule has 0 unspecified atom stereocenters. The minimum atomic E-state index is -0.0348. The van der Waals surface area contributed by atoms with Gasteiger partial charge in [-0.1, -0.05) is 32.9 Å². The van der Waals surface area contributed by atoms with E-state index in [1.807, 2.05) is 0 Å². The summed E-state index contributed by atoms with van der Waals surface area (Å²) in [6.07, 6.45) is 13.9. The van der Waals surface area contributed by atoms with E-state index in [1.165, 1.54) is 38.5 Å². The van der Waals surface area contributed by atoms with Crippen LogP contribution < -0.4 is 0 Å². The van der Waals surface area contributed by atoms with Gasteiger partial charge in [0.2, 0.25) is 0 Å². The van der Waals surface area contributed by atoms with Crippen LogP contribution in [0.5, 0.6) is 0 Å². The predicted octanol–water partition coefficient (Wildman–Crippen LogP) is 4.80. The molecule has 3 fully saturated rings. The van der Waals surface area contributed by atoms with Crippen molar-refractivity contribution in [3.8, 4) is 0 Å². The topological polar surface area (TPSA) is 20.2 Å². The highest BCUT2D eigenvalue weighted by atomic mass is 16.3. The maximum absolute atomic E-state index is 10.5. The lowest BCUT2D eigenvalue weighted by molar-refractivity contribution is -0.131. The van der Waals surface area contributed by atoms with Gasteiger partial charge in [0.15, 0.2) is 0 Å². The zero-order valence-corrected chi connectivity index (χ0v) is 14.0. The third-order valence-corrected chi connectivity index (χ3v) is 8.52. The third kappa shape index (κ3) is 1.79. The van der Waals surface area contributed by atoms with Gasteiger partial charge in [0.1, 0.15) is 0 Å². The lowest BCUT2D eigenvalue weighted by atomic mass is 9.44. The Kier molecular flexibility index (Phi) is 3.13. The summed E-state index contributed by atoms with van der Waals surface area (Å²) < 4.78 is 0. The number of allylic oxidation sites excluding steroid dienone is 2. The van der Waals surface area contributed by atoms with Gasteiger partial charge in [-0.25, -0.2) is 0 Å². The zero-order chi connectivity index (χ0) is 14.8. The summed E-state index contributed by atoms with van der Waals surface area (Å²) in [6, 6.07) is 0. The number of fused-ring (bicyclic) bond motifs is 5. The Morgan fingerprint density at radius 1 is 1.00 bits per heavy atom. The normalized spacial score (nSPS) is 59.2. The summed E-state index contributed by atoms with van der Waals surface area (Å²) in [5, 5.41) is 10.5. The SMILES string of the molecule is C[C@@H]1C[C@H]2CC=CC[C@]2(C)[C@H]2CC[C@]3(C)[C@@H](O)CC[C@H]3[C@H]12. The second-order valence-corrected chi connectivity index (χ2v) is 9.25. The quantitative estimate of drug-likeness (QED) is 0.635. The van der Waals surface area contributed by atoms with E-state index < -0.39 is 0 Å². The second-order valence-electron chi connectivity index (χ2n) is 9.25. The molecule has 1 nitrogen and oxygen atoms in total. The molecule has 0 radical (unpaired) electrons. The lowest BCUT2D eigenvalue weighted by Gasteiger charge is -2.61. The van der Waals surface area contributed by atoms with Crippen molar-refractivity contribution in [3.05, 3.63) is 12.2 Å². The van der Waals surface area contributed by atoms with Crippen molar-refractivity contribution in [3.63, 3.8) is 0 Å². The molecule has 1 heteroatoms. The highest BCUT2D eigenvalue weighted by Crippen LogP contribution is 2.66. The molecule has 0 saturated heterocycles. The zero-order valence-electron chi connectivity index (χ0n) is 14.0. The van der Waals surface area contributed by atoms with Crippen LogP contribution in [-0.2, 0) is 0 Å². The summed E-state index contributed by atoms with van der Waals surface area (Å²) in [4.78, 5) is 0. The average Bonchev–Trinajstić information content (AvgIpc) is 2.76. The maximum atomic E-state index is 10.5. The number of hydrogen-bond donors (Lipinski definition) is 1. The fourth-order valence-corrected chi connectivity index (χ4v) is 7.19. The van der Waals surface area contributed by atoms with Gasteiger partial charge in [0.05, 0.1) is 6.10 Å². The highest BCUT2D eigenvalue weighted by Gasteiger charge is 2.60. The first-order valence-electron chi connectivity index (χ1n) is 9.30. The van der Waals surface area contributed by atoms with Crippen LogP contribution in [0.2, 0.25) is 0 Å². The van der Waals surface area contributed by atoms with E-state index in [-0.39, 0.29) is 11.5 Å². The Morgan fingerprint density at radius 3 is 2.57 bits per heavy atom. The molecule has 4 aliphatic rings. The molecule has 3 saturated carbocycles. The van der Waals surface area contributed by atoms with Gasteiger partial charge in [-0.15, -0.1) is 0 Å². The molecule has 21 heavy (non-hydrogen) atoms. The molecule has 1 N–H and O–H groups in total. The van der Waals surface area contributed by atoms with E-state index in [0.29, 0.717) is 5.41 Å². The van der Waals surface area contributed by atoms with Gasteiger partial charge in [-0.2, -0.15) is 0 Å². The highest BCUT2D eigenvalue weighted by molar-refractivity contribution is 5.13. The molecule has 0 spiro atoms. The van der Waals surface area contributed by atoms with Gasteiger partial charge in [-0.05, 0) is 85.4 Å². The van der Waals surface area contributed by atoms with E-state index in [4.69, 9.17) is 0 Å². The first-order valence-corrected chi connectivity index (χ1v) is 9.30. The van der Waals surface area contributed by atoms with Crippen LogP contribution in [0.4, 0.5) is 0 Å². The predicted molar refractivity (Wildman–Crippen MR) is 86.8 cm³/mol. The number of aliphatic hydroxyl groups is 1. The van der Waals surface area contributed by atoms with Crippen molar-refractivity contribution in [2.24, 2.45) is 40.4 Å². The van der Waals surface area contributed by atoms with Gasteiger partial charge >= 0.3 is 0 Å². The number of aliphatic hydroxyl groups excluding tert-OH is 1. The van der Waals surface area contributed by atoms with Crippen molar-refractivity contribution >= 4 is 0 Å². The van der Waals surface area contributed by atoms with Crippen molar-refractivity contribution in [1.82, 2.24) is 0 Å². The molecule has 0 bridgehead atoms. The van der Waals surface area contributed by atoms with E-state index in [2.05, 4.69) is 32.9 Å². The molecule has 4 aliphatic carbocycles. The molecule has 4 rings (SSSR count). The van der Waals surface area contributed by atoms with Crippen molar-refractivity contribution in [1.29, 1.82) is 0 Å². The molecular formula is C20H32O. The molecule has 0 aromatic heterocycles. The molecule has 0 amide bonds. The van der Waals surface area contributed by atoms with E-state index in [1.54, 1.807) is 0 Å². The van der Waals surface area contributed by atoms with Crippen LogP contribution in [0, 0.1) is 40.4 Å². The van der Waals surface area contributed by atoms with Gasteiger partial charge < -0.3 is 5.11 Å². The first kappa shape index (κ1) is 14.3. The molecular weight excluding hydrogens is 256 g/mol. The van der Waals surface area contributed by atoms with Crippen LogP contribution >= 0.6 is 0 Å². The van der Waals surface area contributed by atoms with Crippen LogP contribution in [0.15, 0.2) is 12.2 Å². The Balaban J connectivity index is 1.71. The molecule has 8 atom stereocenters. The summed E-state index contributed by atoms with van der Waals surface area (Å²) >= 11 is 0. The maximum Gasteiger partial charge on any atom is 0.0596 e. The fourth-order valence-electron chi connectivity index (χ4n) is 7.19. The molecule has 0 aliphatic heterocycles. The van der Waals surface area contributed by atoms with Crippen molar-refractivity contribution in [2.45, 2.75) is 71.8 Å². The van der Waals surface area contributed by atoms with E-state index in [0.717, 1.165) is 36.0 Å². The summed E-state index contributed by atoms with van der Waals surface area (Å²) in [5.74, 6) is 4.32. The smallest absolute Gasteiger partial charge is 0.0596 e. The third-order valence-electron chi connectivity index (χ3n) is 8.52. The van der Waals surface area contributed by atoms with Gasteiger partial charge in [0, 0.05) is 0 Å². The van der Waals surface area contributed by atoms with Crippen molar-refractivity contribution < 1.29 is 5.11 Å². The summed E-state index contributed by atoms with van der Waals surface area (Å²) in [7, 11) is 0. The van der Waals surface area contributed by atoms with Gasteiger partial charge in [-0.3, -0.25) is 0 Å². The minimum absolute atomic E-state index is 0.0348. The Bertz CT molecular complexity index is 455. The summed E-state index contributed by atoms with van der Waals surface area (Å²) in [6.45, 7) is 7.51. The summed E-state index contributed by atoms with van der Waals surface area (Å²) in [5.41, 5.74) is 0.768. The fraction of sp³-hybridized carbons (Fsp3) is 0.900. The minimum Gasteiger partial charge on any atom is -0.393 e. The number of hydrogen-bond acceptors (Lipinski definition) is 1.